The molecule has 0 atom stereocenters. The first-order valence-electron chi connectivity index (χ1n) is 7.24. The van der Waals surface area contributed by atoms with Crippen molar-refractivity contribution in [3.8, 4) is 0 Å². The Morgan fingerprint density at radius 3 is 2.60 bits per heavy atom. The smallest absolute Gasteiger partial charge is 0.355 e. The molecule has 0 unspecified atom stereocenters. The fourth-order valence-corrected chi connectivity index (χ4v) is 2.57. The molecule has 0 spiro atoms. The van der Waals surface area contributed by atoms with Crippen molar-refractivity contribution in [2.45, 2.75) is 44.6 Å². The predicted molar refractivity (Wildman–Crippen MR) is 75.3 cm³/mol. The predicted octanol–water partition coefficient (Wildman–Crippen LogP) is 2.02. The highest BCUT2D eigenvalue weighted by atomic mass is 16.5. The number of amides is 1. The van der Waals surface area contributed by atoms with E-state index in [2.05, 4.69) is 5.32 Å². The van der Waals surface area contributed by atoms with Crippen LogP contribution in [0.3, 0.4) is 0 Å². The fraction of sp³-hybridized carbons (Fsp3) is 0.600. The quantitative estimate of drug-likeness (QED) is 0.677. The van der Waals surface area contributed by atoms with Gasteiger partial charge in [0.1, 0.15) is 5.69 Å². The molecule has 1 heterocycles. The average molecular weight is 278 g/mol. The van der Waals surface area contributed by atoms with Crippen molar-refractivity contribution < 1.29 is 14.3 Å². The highest BCUT2D eigenvalue weighted by Crippen LogP contribution is 2.17. The lowest BCUT2D eigenvalue weighted by molar-refractivity contribution is -0.125. The maximum atomic E-state index is 11.8. The van der Waals surface area contributed by atoms with Gasteiger partial charge in [-0.1, -0.05) is 25.7 Å². The van der Waals surface area contributed by atoms with Crippen molar-refractivity contribution >= 4 is 11.9 Å². The molecule has 5 nitrogen and oxygen atoms in total. The Hall–Kier alpha value is -1.78. The summed E-state index contributed by atoms with van der Waals surface area (Å²) in [6.45, 7) is -0.208. The Balaban J connectivity index is 1.74. The molecule has 1 N–H and O–H groups in total. The SMILES string of the molecule is Cn1cccc1C(=O)OCC(=O)NC1CCCCCC1. The van der Waals surface area contributed by atoms with E-state index < -0.39 is 5.97 Å². The molecule has 2 rings (SSSR count). The van der Waals surface area contributed by atoms with Crippen LogP contribution in [0, 0.1) is 0 Å². The van der Waals surface area contributed by atoms with Crippen molar-refractivity contribution in [2.75, 3.05) is 6.61 Å². The largest absolute Gasteiger partial charge is 0.451 e. The number of aryl methyl sites for hydroxylation is 1. The van der Waals surface area contributed by atoms with Gasteiger partial charge in [0, 0.05) is 19.3 Å². The number of ether oxygens (including phenoxy) is 1. The summed E-state index contributed by atoms with van der Waals surface area (Å²) in [5, 5.41) is 2.95. The van der Waals surface area contributed by atoms with Crippen molar-refractivity contribution in [2.24, 2.45) is 7.05 Å². The molecule has 1 aliphatic rings. The number of carbonyl (C=O) groups excluding carboxylic acids is 2. The Morgan fingerprint density at radius 2 is 2.00 bits per heavy atom. The van der Waals surface area contributed by atoms with Gasteiger partial charge in [-0.2, -0.15) is 0 Å². The first-order chi connectivity index (χ1) is 9.66. The summed E-state index contributed by atoms with van der Waals surface area (Å²) in [5.41, 5.74) is 0.451. The molecule has 0 bridgehead atoms. The molecule has 1 fully saturated rings. The van der Waals surface area contributed by atoms with Crippen molar-refractivity contribution in [3.63, 3.8) is 0 Å². The van der Waals surface area contributed by atoms with Crippen LogP contribution < -0.4 is 5.32 Å². The number of rotatable bonds is 4. The maximum absolute atomic E-state index is 11.8. The number of esters is 1. The minimum Gasteiger partial charge on any atom is -0.451 e. The standard InChI is InChI=1S/C15H22N2O3/c1-17-10-6-9-13(17)15(19)20-11-14(18)16-12-7-4-2-3-5-8-12/h6,9-10,12H,2-5,7-8,11H2,1H3,(H,16,18). The molecule has 0 aliphatic heterocycles. The highest BCUT2D eigenvalue weighted by molar-refractivity contribution is 5.89. The minimum absolute atomic E-state index is 0.208. The molecule has 1 saturated carbocycles. The van der Waals surface area contributed by atoms with Gasteiger partial charge in [0.15, 0.2) is 6.61 Å². The topological polar surface area (TPSA) is 60.3 Å². The molecule has 0 radical (unpaired) electrons. The van der Waals surface area contributed by atoms with E-state index in [1.807, 2.05) is 0 Å². The second kappa shape index (κ2) is 7.12. The monoisotopic (exact) mass is 278 g/mol. The van der Waals surface area contributed by atoms with Gasteiger partial charge in [-0.05, 0) is 25.0 Å². The molecule has 1 aromatic heterocycles. The Morgan fingerprint density at radius 1 is 1.30 bits per heavy atom. The van der Waals surface area contributed by atoms with Gasteiger partial charge in [-0.15, -0.1) is 0 Å². The highest BCUT2D eigenvalue weighted by Gasteiger charge is 2.17. The van der Waals surface area contributed by atoms with Gasteiger partial charge in [0.05, 0.1) is 0 Å². The van der Waals surface area contributed by atoms with Gasteiger partial charge < -0.3 is 14.6 Å². The third-order valence-corrected chi connectivity index (χ3v) is 3.71. The van der Waals surface area contributed by atoms with E-state index in [9.17, 15) is 9.59 Å². The zero-order valence-electron chi connectivity index (χ0n) is 11.9. The van der Waals surface area contributed by atoms with E-state index in [0.717, 1.165) is 25.7 Å². The van der Waals surface area contributed by atoms with E-state index in [1.165, 1.54) is 12.8 Å². The summed E-state index contributed by atoms with van der Waals surface area (Å²) in [5.74, 6) is -0.673. The molecule has 0 saturated heterocycles. The Bertz CT molecular complexity index is 459. The lowest BCUT2D eigenvalue weighted by Gasteiger charge is -2.16. The first kappa shape index (κ1) is 14.6. The minimum atomic E-state index is -0.464. The molecule has 5 heteroatoms. The fourth-order valence-electron chi connectivity index (χ4n) is 2.57. The normalized spacial score (nSPS) is 16.4. The molecule has 1 aromatic rings. The number of carbonyl (C=O) groups is 2. The van der Waals surface area contributed by atoms with Crippen LogP contribution in [-0.2, 0) is 16.6 Å². The Kier molecular flexibility index (Phi) is 5.21. The van der Waals surface area contributed by atoms with Crippen LogP contribution in [0.2, 0.25) is 0 Å². The summed E-state index contributed by atoms with van der Waals surface area (Å²) < 4.78 is 6.70. The average Bonchev–Trinajstić information content (AvgIpc) is 2.70. The Labute approximate surface area is 119 Å². The van der Waals surface area contributed by atoms with Crippen molar-refractivity contribution in [3.05, 3.63) is 24.0 Å². The second-order valence-corrected chi connectivity index (χ2v) is 5.34. The van der Waals surface area contributed by atoms with Crippen LogP contribution in [0.4, 0.5) is 0 Å². The lowest BCUT2D eigenvalue weighted by Crippen LogP contribution is -2.37. The van der Waals surface area contributed by atoms with E-state index in [4.69, 9.17) is 4.74 Å². The molecular formula is C15H22N2O3. The molecule has 1 amide bonds. The maximum Gasteiger partial charge on any atom is 0.355 e. The molecule has 1 aliphatic carbocycles. The second-order valence-electron chi connectivity index (χ2n) is 5.34. The molecular weight excluding hydrogens is 256 g/mol. The number of nitrogens with one attached hydrogen (secondary N) is 1. The van der Waals surface area contributed by atoms with Gasteiger partial charge in [0.2, 0.25) is 0 Å². The molecule has 0 aromatic carbocycles. The summed E-state index contributed by atoms with van der Waals surface area (Å²) in [6.07, 6.45) is 8.63. The van der Waals surface area contributed by atoms with E-state index in [0.29, 0.717) is 5.69 Å². The van der Waals surface area contributed by atoms with Crippen molar-refractivity contribution in [1.82, 2.24) is 9.88 Å². The van der Waals surface area contributed by atoms with Gasteiger partial charge in [0.25, 0.3) is 5.91 Å². The van der Waals surface area contributed by atoms with Crippen LogP contribution in [0.25, 0.3) is 0 Å². The molecule has 110 valence electrons. The van der Waals surface area contributed by atoms with Crippen LogP contribution in [-0.4, -0.2) is 29.1 Å². The third kappa shape index (κ3) is 4.11. The van der Waals surface area contributed by atoms with Crippen LogP contribution in [0.15, 0.2) is 18.3 Å². The number of aromatic nitrogens is 1. The zero-order valence-corrected chi connectivity index (χ0v) is 11.9. The number of hydrogen-bond acceptors (Lipinski definition) is 3. The van der Waals surface area contributed by atoms with E-state index in [1.54, 1.807) is 29.9 Å². The number of hydrogen-bond donors (Lipinski definition) is 1. The summed E-state index contributed by atoms with van der Waals surface area (Å²) in [6, 6.07) is 3.67. The molecule has 20 heavy (non-hydrogen) atoms. The van der Waals surface area contributed by atoms with Crippen LogP contribution in [0.1, 0.15) is 49.0 Å². The summed E-state index contributed by atoms with van der Waals surface area (Å²) in [4.78, 5) is 23.5. The van der Waals surface area contributed by atoms with Gasteiger partial charge in [-0.3, -0.25) is 4.79 Å². The van der Waals surface area contributed by atoms with E-state index >= 15 is 0 Å². The lowest BCUT2D eigenvalue weighted by atomic mass is 10.1. The summed E-state index contributed by atoms with van der Waals surface area (Å²) >= 11 is 0. The van der Waals surface area contributed by atoms with Crippen molar-refractivity contribution in [1.29, 1.82) is 0 Å². The van der Waals surface area contributed by atoms with Gasteiger partial charge in [-0.25, -0.2) is 4.79 Å². The van der Waals surface area contributed by atoms with Crippen LogP contribution >= 0.6 is 0 Å². The van der Waals surface area contributed by atoms with Crippen LogP contribution in [0.5, 0.6) is 0 Å². The zero-order chi connectivity index (χ0) is 14.4. The third-order valence-electron chi connectivity index (χ3n) is 3.71. The summed E-state index contributed by atoms with van der Waals surface area (Å²) in [7, 11) is 1.77. The van der Waals surface area contributed by atoms with Gasteiger partial charge >= 0.3 is 5.97 Å². The van der Waals surface area contributed by atoms with E-state index in [-0.39, 0.29) is 18.6 Å². The number of nitrogens with zero attached hydrogens (tertiary/aromatic N) is 1. The first-order valence-corrected chi connectivity index (χ1v) is 7.24.